The van der Waals surface area contributed by atoms with Crippen LogP contribution in [0, 0.1) is 27.7 Å². The summed E-state index contributed by atoms with van der Waals surface area (Å²) < 4.78 is 0. The van der Waals surface area contributed by atoms with Crippen molar-refractivity contribution >= 4 is 54.1 Å². The molecule has 0 unspecified atom stereocenters. The number of aromatic nitrogens is 4. The van der Waals surface area contributed by atoms with Crippen molar-refractivity contribution in [3.63, 3.8) is 0 Å². The van der Waals surface area contributed by atoms with Gasteiger partial charge < -0.3 is 30.1 Å². The average Bonchev–Trinajstić information content (AvgIpc) is 3.50. The molecule has 0 aromatic carbocycles. The van der Waals surface area contributed by atoms with Crippen LogP contribution in [-0.2, 0) is 51.3 Å². The van der Waals surface area contributed by atoms with Gasteiger partial charge in [-0.1, -0.05) is 70.3 Å². The van der Waals surface area contributed by atoms with Crippen LogP contribution in [0.5, 0.6) is 0 Å². The number of thiol groups is 1. The van der Waals surface area contributed by atoms with Gasteiger partial charge in [-0.05, 0) is 63.4 Å². The molecule has 8 bridgehead atoms. The van der Waals surface area contributed by atoms with E-state index in [0.29, 0.717) is 34.5 Å². The summed E-state index contributed by atoms with van der Waals surface area (Å²) in [4.78, 5) is 43.1. The molecule has 44 heavy (non-hydrogen) atoms. The molecule has 6 heterocycles. The standard InChI is InChI=1S/C34H32N4O4S.Fe/c1-6-20-16(2)25-13-30-34(31-15-43-31)19(5)26(38-30)11-23-17(3)21(7-9-32(39)40)28(36-23)14-29-22(8-10-33(41)42)18(4)24(37-29)12-27(20)35-25;/h6,11-14,31H,1,7-10,15H2,2-5H3,(H,39,40)(H,41,42);/q-4;+2/p+1/b23-11?,24-12-,25-13?,26-11-,27-12?,28-14?,29-14-,30-13-;/t31-;/m0./s1. The molecule has 4 aromatic rings. The molecule has 0 aliphatic carbocycles. The van der Waals surface area contributed by atoms with E-state index in [1.165, 1.54) is 17.3 Å². The molecule has 2 N–H and O–H groups in total. The van der Waals surface area contributed by atoms with Crippen molar-refractivity contribution in [1.29, 1.82) is 0 Å². The first-order valence-electron chi connectivity index (χ1n) is 14.3. The topological polar surface area (TPSA) is 131 Å². The molecule has 1 atom stereocenters. The number of rotatable bonds is 8. The zero-order chi connectivity index (χ0) is 30.6. The Kier molecular flexibility index (Phi) is 8.80. The van der Waals surface area contributed by atoms with E-state index in [9.17, 15) is 19.8 Å². The quantitative estimate of drug-likeness (QED) is 0.110. The maximum absolute atomic E-state index is 11.6. The van der Waals surface area contributed by atoms with Crippen LogP contribution in [0.3, 0.4) is 0 Å². The number of carboxylic acid groups (broad SMARTS) is 2. The maximum atomic E-state index is 11.6. The third-order valence-corrected chi connectivity index (χ3v) is 9.55. The van der Waals surface area contributed by atoms with Gasteiger partial charge in [0.25, 0.3) is 0 Å². The molecular formula is C34H33FeN4O4S-. The molecule has 4 aromatic heterocycles. The van der Waals surface area contributed by atoms with Crippen LogP contribution in [-0.4, -0.2) is 27.9 Å². The summed E-state index contributed by atoms with van der Waals surface area (Å²) in [6, 6.07) is 0. The molecule has 2 aliphatic heterocycles. The third-order valence-electron chi connectivity index (χ3n) is 8.56. The molecule has 0 spiro atoms. The summed E-state index contributed by atoms with van der Waals surface area (Å²) in [6.45, 7) is 12.1. The van der Waals surface area contributed by atoms with Crippen molar-refractivity contribution in [1.82, 2.24) is 19.9 Å². The second kappa shape index (κ2) is 12.3. The van der Waals surface area contributed by atoms with E-state index in [4.69, 9.17) is 19.9 Å². The Morgan fingerprint density at radius 3 is 1.91 bits per heavy atom. The fraction of sp³-hybridized carbons (Fsp3) is 0.294. The number of fused-ring (bicyclic) bond motifs is 8. The van der Waals surface area contributed by atoms with Crippen LogP contribution in [0.1, 0.15) is 85.4 Å². The first kappa shape index (κ1) is 31.6. The summed E-state index contributed by atoms with van der Waals surface area (Å²) in [5.74, 6) is -0.660. The van der Waals surface area contributed by atoms with Gasteiger partial charge in [-0.3, -0.25) is 9.59 Å². The summed E-state index contributed by atoms with van der Waals surface area (Å²) in [7, 11) is 0. The molecule has 8 nitrogen and oxygen atoms in total. The third kappa shape index (κ3) is 5.82. The first-order valence-corrected chi connectivity index (χ1v) is 15.5. The Hall–Kier alpha value is -3.85. The minimum Gasteiger partial charge on any atom is -0.657 e. The fourth-order valence-electron chi connectivity index (χ4n) is 6.01. The van der Waals surface area contributed by atoms with Gasteiger partial charge in [-0.25, -0.2) is 0 Å². The molecule has 1 saturated heterocycles. The monoisotopic (exact) mass is 649 g/mol. The molecule has 0 amide bonds. The largest absolute Gasteiger partial charge is 2.00 e. The van der Waals surface area contributed by atoms with E-state index in [1.807, 2.05) is 45.1 Å². The van der Waals surface area contributed by atoms with Gasteiger partial charge in [-0.2, -0.15) is 0 Å². The van der Waals surface area contributed by atoms with Gasteiger partial charge in [0.1, 0.15) is 0 Å². The molecule has 0 radical (unpaired) electrons. The van der Waals surface area contributed by atoms with Gasteiger partial charge in [0.15, 0.2) is 11.0 Å². The van der Waals surface area contributed by atoms with Crippen molar-refractivity contribution in [3.05, 3.63) is 95.3 Å². The van der Waals surface area contributed by atoms with Crippen LogP contribution < -0.4 is 41.3 Å². The number of nitrogens with zero attached hydrogens (tertiary/aromatic N) is 4. The van der Waals surface area contributed by atoms with E-state index in [1.54, 1.807) is 0 Å². The van der Waals surface area contributed by atoms with E-state index < -0.39 is 11.9 Å². The predicted molar refractivity (Wildman–Crippen MR) is 169 cm³/mol. The normalized spacial score (nSPS) is 18.0. The predicted octanol–water partition coefficient (Wildman–Crippen LogP) is 0.922. The smallest absolute Gasteiger partial charge is 0.657 e. The van der Waals surface area contributed by atoms with Crippen molar-refractivity contribution < 1.29 is 36.9 Å². The summed E-state index contributed by atoms with van der Waals surface area (Å²) in [5.41, 5.74) is 10.7. The van der Waals surface area contributed by atoms with Crippen molar-refractivity contribution in [2.24, 2.45) is 0 Å². The summed E-state index contributed by atoms with van der Waals surface area (Å²) >= 11 is 1.39. The van der Waals surface area contributed by atoms with Gasteiger partial charge in [0.05, 0.1) is 0 Å². The minimum absolute atomic E-state index is 0. The Morgan fingerprint density at radius 2 is 1.27 bits per heavy atom. The Morgan fingerprint density at radius 1 is 0.750 bits per heavy atom. The molecule has 6 rings (SSSR count). The maximum Gasteiger partial charge on any atom is 2.00 e. The van der Waals surface area contributed by atoms with Crippen molar-refractivity contribution in [2.75, 3.05) is 5.75 Å². The van der Waals surface area contributed by atoms with Gasteiger partial charge in [0, 0.05) is 12.8 Å². The van der Waals surface area contributed by atoms with Crippen molar-refractivity contribution in [3.8, 4) is 0 Å². The number of aliphatic carboxylic acids is 2. The fourth-order valence-corrected chi connectivity index (χ4v) is 6.81. The van der Waals surface area contributed by atoms with Crippen LogP contribution in [0.2, 0.25) is 0 Å². The average molecular weight is 650 g/mol. The van der Waals surface area contributed by atoms with E-state index >= 15 is 0 Å². The zero-order valence-electron chi connectivity index (χ0n) is 25.0. The Balaban J connectivity index is 0.00000384. The number of hydrogen-bond donors (Lipinski definition) is 2. The first-order chi connectivity index (χ1) is 20.5. The molecule has 228 valence electrons. The van der Waals surface area contributed by atoms with E-state index in [2.05, 4.69) is 19.6 Å². The summed E-state index contributed by atoms with van der Waals surface area (Å²) in [5, 5.41) is 22.5. The Labute approximate surface area is 269 Å². The molecular weight excluding hydrogens is 616 g/mol. The Bertz CT molecular complexity index is 2070. The van der Waals surface area contributed by atoms with Gasteiger partial charge >= 0.3 is 29.0 Å². The van der Waals surface area contributed by atoms with Crippen LogP contribution >= 0.6 is 0 Å². The summed E-state index contributed by atoms with van der Waals surface area (Å²) in [6.07, 6.45) is 10.2. The zero-order valence-corrected chi connectivity index (χ0v) is 27.0. The molecule has 0 saturated carbocycles. The second-order valence-electron chi connectivity index (χ2n) is 11.3. The number of carboxylic acids is 2. The van der Waals surface area contributed by atoms with Gasteiger partial charge in [-0.15, -0.1) is 44.2 Å². The molecule has 10 heteroatoms. The van der Waals surface area contributed by atoms with E-state index in [0.717, 1.165) is 72.5 Å². The molecule has 2 aliphatic rings. The molecule has 1 fully saturated rings. The van der Waals surface area contributed by atoms with E-state index in [-0.39, 0.29) is 29.9 Å². The van der Waals surface area contributed by atoms with Gasteiger partial charge in [0.2, 0.25) is 0 Å². The number of hydrogen-bond acceptors (Lipinski definition) is 2. The minimum atomic E-state index is -0.888. The van der Waals surface area contributed by atoms with Crippen molar-refractivity contribution in [2.45, 2.75) is 58.6 Å². The van der Waals surface area contributed by atoms with Crippen LogP contribution in [0.15, 0.2) is 6.58 Å². The number of carbonyl (C=O) groups is 2. The van der Waals surface area contributed by atoms with Crippen LogP contribution in [0.4, 0.5) is 0 Å². The second-order valence-corrected chi connectivity index (χ2v) is 12.6. The van der Waals surface area contributed by atoms with Crippen LogP contribution in [0.25, 0.3) is 30.4 Å². The SMILES string of the molecule is C=Cc1c2[n-]c(c1C)/C=c1\[n-]/c(c(C)c1[C@@H]1C[SH+]1)=C\c1[n-]c(c(CCC(=O)O)c1C)/C=c1\[n-]/c(c(C)c1CCC(=O)O)=C\2.[Fe+2].